The summed E-state index contributed by atoms with van der Waals surface area (Å²) in [6, 6.07) is 0. The minimum absolute atomic E-state index is 0.893. The van der Waals surface area contributed by atoms with Crippen LogP contribution in [0.1, 0.15) is 39.0 Å². The van der Waals surface area contributed by atoms with E-state index in [0.717, 1.165) is 32.2 Å². The Bertz CT molecular complexity index is 172. The third kappa shape index (κ3) is 9.57. The van der Waals surface area contributed by atoms with Crippen LogP contribution in [-0.4, -0.2) is 51.3 Å². The first-order valence-corrected chi connectivity index (χ1v) is 7.30. The highest BCUT2D eigenvalue weighted by Crippen LogP contribution is 2.28. The van der Waals surface area contributed by atoms with Gasteiger partial charge in [0.05, 0.1) is 6.61 Å². The average Bonchev–Trinajstić information content (AvgIpc) is 3.13. The molecule has 1 saturated carbocycles. The molecule has 0 aromatic carbocycles. The Kier molecular flexibility index (Phi) is 8.67. The van der Waals surface area contributed by atoms with E-state index in [0.29, 0.717) is 0 Å². The maximum Gasteiger partial charge on any atom is 0.0593 e. The molecule has 0 aromatic heterocycles. The number of nitrogens with one attached hydrogen (secondary N) is 1. The van der Waals surface area contributed by atoms with Crippen LogP contribution in [-0.2, 0) is 4.74 Å². The lowest BCUT2D eigenvalue weighted by Crippen LogP contribution is -2.25. The second kappa shape index (κ2) is 9.86. The Morgan fingerprint density at radius 3 is 2.71 bits per heavy atom. The summed E-state index contributed by atoms with van der Waals surface area (Å²) in [5.74, 6) is 0.893. The molecule has 0 saturated heterocycles. The Morgan fingerprint density at radius 2 is 2.00 bits per heavy atom. The lowest BCUT2D eigenvalue weighted by atomic mass is 10.3. The van der Waals surface area contributed by atoms with Crippen LogP contribution in [0.25, 0.3) is 0 Å². The molecule has 0 amide bonds. The van der Waals surface area contributed by atoms with Gasteiger partial charge in [0.2, 0.25) is 0 Å². The molecular weight excluding hydrogens is 212 g/mol. The van der Waals surface area contributed by atoms with Crippen LogP contribution in [0, 0.1) is 5.92 Å². The van der Waals surface area contributed by atoms with Crippen molar-refractivity contribution >= 4 is 0 Å². The van der Waals surface area contributed by atoms with Gasteiger partial charge in [-0.15, -0.1) is 0 Å². The highest BCUT2D eigenvalue weighted by molar-refractivity contribution is 4.71. The van der Waals surface area contributed by atoms with Crippen molar-refractivity contribution in [2.75, 3.05) is 46.4 Å². The molecule has 0 radical (unpaired) electrons. The van der Waals surface area contributed by atoms with Gasteiger partial charge in [-0.1, -0.05) is 6.92 Å². The van der Waals surface area contributed by atoms with E-state index in [-0.39, 0.29) is 0 Å². The summed E-state index contributed by atoms with van der Waals surface area (Å²) < 4.78 is 5.63. The smallest absolute Gasteiger partial charge is 0.0593 e. The molecule has 0 aromatic rings. The van der Waals surface area contributed by atoms with Gasteiger partial charge in [-0.25, -0.2) is 0 Å². The van der Waals surface area contributed by atoms with Gasteiger partial charge in [-0.3, -0.25) is 0 Å². The van der Waals surface area contributed by atoms with E-state index in [4.69, 9.17) is 4.74 Å². The predicted molar refractivity (Wildman–Crippen MR) is 73.4 cm³/mol. The van der Waals surface area contributed by atoms with Gasteiger partial charge in [0.15, 0.2) is 0 Å². The zero-order valence-electron chi connectivity index (χ0n) is 11.7. The molecule has 1 rings (SSSR count). The average molecular weight is 242 g/mol. The molecule has 0 bridgehead atoms. The van der Waals surface area contributed by atoms with E-state index in [1.807, 2.05) is 0 Å². The van der Waals surface area contributed by atoms with E-state index < -0.39 is 0 Å². The SMILES string of the molecule is CCCNCCCCN(C)CCOCC1CC1. The van der Waals surface area contributed by atoms with Gasteiger partial charge in [-0.05, 0) is 64.7 Å². The maximum atomic E-state index is 5.63. The summed E-state index contributed by atoms with van der Waals surface area (Å²) in [6.07, 6.45) is 6.59. The fourth-order valence-electron chi connectivity index (χ4n) is 1.80. The third-order valence-electron chi connectivity index (χ3n) is 3.24. The second-order valence-electron chi connectivity index (χ2n) is 5.28. The van der Waals surface area contributed by atoms with Crippen LogP contribution in [0.4, 0.5) is 0 Å². The van der Waals surface area contributed by atoms with Crippen LogP contribution >= 0.6 is 0 Å². The summed E-state index contributed by atoms with van der Waals surface area (Å²) in [5.41, 5.74) is 0. The van der Waals surface area contributed by atoms with Crippen LogP contribution in [0.15, 0.2) is 0 Å². The monoisotopic (exact) mass is 242 g/mol. The van der Waals surface area contributed by atoms with Crippen LogP contribution in [0.2, 0.25) is 0 Å². The molecule has 3 nitrogen and oxygen atoms in total. The number of nitrogens with zero attached hydrogens (tertiary/aromatic N) is 1. The summed E-state index contributed by atoms with van der Waals surface area (Å²) >= 11 is 0. The predicted octanol–water partition coefficient (Wildman–Crippen LogP) is 2.12. The number of rotatable bonds is 12. The number of ether oxygens (including phenoxy) is 1. The fraction of sp³-hybridized carbons (Fsp3) is 1.00. The molecule has 0 unspecified atom stereocenters. The normalized spacial score (nSPS) is 15.7. The van der Waals surface area contributed by atoms with Gasteiger partial charge in [0, 0.05) is 13.2 Å². The highest BCUT2D eigenvalue weighted by atomic mass is 16.5. The van der Waals surface area contributed by atoms with Crippen LogP contribution in [0.3, 0.4) is 0 Å². The third-order valence-corrected chi connectivity index (χ3v) is 3.24. The van der Waals surface area contributed by atoms with Gasteiger partial charge in [0.1, 0.15) is 0 Å². The fourth-order valence-corrected chi connectivity index (χ4v) is 1.80. The van der Waals surface area contributed by atoms with Crippen LogP contribution < -0.4 is 5.32 Å². The summed E-state index contributed by atoms with van der Waals surface area (Å²) in [7, 11) is 2.19. The number of hydrogen-bond acceptors (Lipinski definition) is 3. The summed E-state index contributed by atoms with van der Waals surface area (Å²) in [4.78, 5) is 2.38. The standard InChI is InChI=1S/C14H30N2O/c1-3-8-15-9-4-5-10-16(2)11-12-17-13-14-6-7-14/h14-15H,3-13H2,1-2H3. The number of hydrogen-bond donors (Lipinski definition) is 1. The van der Waals surface area contributed by atoms with Gasteiger partial charge in [0.25, 0.3) is 0 Å². The molecule has 0 aliphatic heterocycles. The second-order valence-corrected chi connectivity index (χ2v) is 5.28. The lowest BCUT2D eigenvalue weighted by molar-refractivity contribution is 0.103. The highest BCUT2D eigenvalue weighted by Gasteiger charge is 2.20. The maximum absolute atomic E-state index is 5.63. The Labute approximate surface area is 107 Å². The quantitative estimate of drug-likeness (QED) is 0.531. The first kappa shape index (κ1) is 14.9. The van der Waals surface area contributed by atoms with E-state index >= 15 is 0 Å². The first-order valence-electron chi connectivity index (χ1n) is 7.30. The minimum Gasteiger partial charge on any atom is -0.380 e. The molecule has 1 N–H and O–H groups in total. The molecule has 1 fully saturated rings. The molecule has 17 heavy (non-hydrogen) atoms. The van der Waals surface area contributed by atoms with E-state index in [1.54, 1.807) is 0 Å². The van der Waals surface area contributed by atoms with Crippen molar-refractivity contribution in [1.29, 1.82) is 0 Å². The molecule has 102 valence electrons. The zero-order chi connectivity index (χ0) is 12.3. The number of unbranched alkanes of at least 4 members (excludes halogenated alkanes) is 1. The van der Waals surface area contributed by atoms with Crippen molar-refractivity contribution < 1.29 is 4.74 Å². The van der Waals surface area contributed by atoms with E-state index in [9.17, 15) is 0 Å². The van der Waals surface area contributed by atoms with E-state index in [2.05, 4.69) is 24.2 Å². The molecule has 0 spiro atoms. The van der Waals surface area contributed by atoms with Crippen molar-refractivity contribution in [2.24, 2.45) is 5.92 Å². The van der Waals surface area contributed by atoms with Crippen molar-refractivity contribution in [3.05, 3.63) is 0 Å². The zero-order valence-corrected chi connectivity index (χ0v) is 11.7. The van der Waals surface area contributed by atoms with E-state index in [1.165, 1.54) is 45.2 Å². The molecular formula is C14H30N2O. The topological polar surface area (TPSA) is 24.5 Å². The Balaban J connectivity index is 1.75. The van der Waals surface area contributed by atoms with Gasteiger partial charge in [-0.2, -0.15) is 0 Å². The van der Waals surface area contributed by atoms with Crippen LogP contribution in [0.5, 0.6) is 0 Å². The van der Waals surface area contributed by atoms with Crippen molar-refractivity contribution in [2.45, 2.75) is 39.0 Å². The van der Waals surface area contributed by atoms with Crippen molar-refractivity contribution in [3.63, 3.8) is 0 Å². The molecule has 0 heterocycles. The Morgan fingerprint density at radius 1 is 1.18 bits per heavy atom. The lowest BCUT2D eigenvalue weighted by Gasteiger charge is -2.16. The summed E-state index contributed by atoms with van der Waals surface area (Å²) in [6.45, 7) is 8.71. The van der Waals surface area contributed by atoms with Crippen molar-refractivity contribution in [1.82, 2.24) is 10.2 Å². The first-order chi connectivity index (χ1) is 8.33. The molecule has 1 aliphatic rings. The molecule has 0 atom stereocenters. The summed E-state index contributed by atoms with van der Waals surface area (Å²) in [5, 5.41) is 3.44. The molecule has 3 heteroatoms. The van der Waals surface area contributed by atoms with Crippen molar-refractivity contribution in [3.8, 4) is 0 Å². The largest absolute Gasteiger partial charge is 0.380 e. The Hall–Kier alpha value is -0.120. The van der Waals surface area contributed by atoms with Gasteiger partial charge < -0.3 is 15.0 Å². The number of likely N-dealkylation sites (N-methyl/N-ethyl adjacent to an activating group) is 1. The minimum atomic E-state index is 0.893. The molecule has 1 aliphatic carbocycles. The van der Waals surface area contributed by atoms with Gasteiger partial charge >= 0.3 is 0 Å².